The van der Waals surface area contributed by atoms with Crippen LogP contribution in [0.2, 0.25) is 0 Å². The van der Waals surface area contributed by atoms with Crippen molar-refractivity contribution in [1.29, 1.82) is 0 Å². The van der Waals surface area contributed by atoms with Crippen LogP contribution >= 0.6 is 11.6 Å². The number of hydrogen-bond acceptors (Lipinski definition) is 2. The van der Waals surface area contributed by atoms with Gasteiger partial charge in [0, 0.05) is 31.6 Å². The van der Waals surface area contributed by atoms with Crippen molar-refractivity contribution in [2.45, 2.75) is 6.04 Å². The molecule has 1 saturated heterocycles. The lowest BCUT2D eigenvalue weighted by molar-refractivity contribution is 0.259. The number of hydrogen-bond donors (Lipinski definition) is 0. The molecule has 1 aliphatic carbocycles. The summed E-state index contributed by atoms with van der Waals surface area (Å²) in [7, 11) is 4.38. The molecule has 2 nitrogen and oxygen atoms in total. The van der Waals surface area contributed by atoms with Crippen LogP contribution in [0.1, 0.15) is 0 Å². The van der Waals surface area contributed by atoms with Crippen molar-refractivity contribution >= 4 is 11.6 Å². The van der Waals surface area contributed by atoms with Crippen molar-refractivity contribution < 1.29 is 0 Å². The highest BCUT2D eigenvalue weighted by Crippen LogP contribution is 2.47. The maximum Gasteiger partial charge on any atom is 0.0351 e. The predicted octanol–water partition coefficient (Wildman–Crippen LogP) is 0.717. The van der Waals surface area contributed by atoms with Crippen LogP contribution in [0, 0.1) is 11.8 Å². The molecule has 1 saturated carbocycles. The topological polar surface area (TPSA) is 6.48 Å². The molecule has 0 aromatic rings. The molecule has 0 N–H and O–H groups in total. The van der Waals surface area contributed by atoms with Gasteiger partial charge in [-0.2, -0.15) is 0 Å². The van der Waals surface area contributed by atoms with Gasteiger partial charge in [0.05, 0.1) is 0 Å². The molecule has 2 fully saturated rings. The Labute approximate surface area is 79.5 Å². The fourth-order valence-electron chi connectivity index (χ4n) is 2.65. The van der Waals surface area contributed by atoms with Gasteiger partial charge in [-0.05, 0) is 25.9 Å². The zero-order valence-corrected chi connectivity index (χ0v) is 8.59. The van der Waals surface area contributed by atoms with E-state index in [4.69, 9.17) is 11.6 Å². The molecule has 0 bridgehead atoms. The highest BCUT2D eigenvalue weighted by molar-refractivity contribution is 6.18. The van der Waals surface area contributed by atoms with Crippen molar-refractivity contribution in [2.24, 2.45) is 11.8 Å². The Morgan fingerprint density at radius 3 is 2.33 bits per heavy atom. The van der Waals surface area contributed by atoms with Gasteiger partial charge < -0.3 is 9.80 Å². The second kappa shape index (κ2) is 3.17. The third kappa shape index (κ3) is 1.36. The van der Waals surface area contributed by atoms with Crippen LogP contribution in [0.25, 0.3) is 0 Å². The van der Waals surface area contributed by atoms with Crippen LogP contribution in [0.4, 0.5) is 0 Å². The van der Waals surface area contributed by atoms with Crippen LogP contribution in [-0.4, -0.2) is 55.5 Å². The van der Waals surface area contributed by atoms with E-state index >= 15 is 0 Å². The lowest BCUT2D eigenvalue weighted by Crippen LogP contribution is -2.31. The molecule has 70 valence electrons. The molecule has 0 radical (unpaired) electrons. The molecular weight excluding hydrogens is 172 g/mol. The highest BCUT2D eigenvalue weighted by atomic mass is 35.5. The normalized spacial score (nSPS) is 40.5. The number of rotatable bonds is 3. The SMILES string of the molecule is CN(C)C1C2CN(CCCl)CC21. The smallest absolute Gasteiger partial charge is 0.0351 e. The second-order valence-electron chi connectivity index (χ2n) is 4.23. The first kappa shape index (κ1) is 8.79. The molecule has 0 spiro atoms. The Morgan fingerprint density at radius 2 is 1.92 bits per heavy atom. The Kier molecular flexibility index (Phi) is 2.32. The van der Waals surface area contributed by atoms with Crippen LogP contribution < -0.4 is 0 Å². The number of halogens is 1. The molecule has 3 heteroatoms. The molecular formula is C9H17ClN2. The Morgan fingerprint density at radius 1 is 1.33 bits per heavy atom. The van der Waals surface area contributed by atoms with E-state index in [1.807, 2.05) is 0 Å². The summed E-state index contributed by atoms with van der Waals surface area (Å²) >= 11 is 5.69. The lowest BCUT2D eigenvalue weighted by atomic mass is 10.3. The van der Waals surface area contributed by atoms with Gasteiger partial charge in [-0.15, -0.1) is 11.6 Å². The number of alkyl halides is 1. The van der Waals surface area contributed by atoms with Crippen molar-refractivity contribution in [3.05, 3.63) is 0 Å². The van der Waals surface area contributed by atoms with Crippen LogP contribution in [0.3, 0.4) is 0 Å². The summed E-state index contributed by atoms with van der Waals surface area (Å²) in [6, 6.07) is 0.872. The summed E-state index contributed by atoms with van der Waals surface area (Å²) in [5.41, 5.74) is 0. The third-order valence-electron chi connectivity index (χ3n) is 3.22. The van der Waals surface area contributed by atoms with Crippen molar-refractivity contribution in [2.75, 3.05) is 39.6 Å². The van der Waals surface area contributed by atoms with E-state index < -0.39 is 0 Å². The van der Waals surface area contributed by atoms with Gasteiger partial charge in [-0.1, -0.05) is 0 Å². The third-order valence-corrected chi connectivity index (χ3v) is 3.39. The van der Waals surface area contributed by atoms with Crippen molar-refractivity contribution in [3.8, 4) is 0 Å². The summed E-state index contributed by atoms with van der Waals surface area (Å²) in [4.78, 5) is 4.86. The van der Waals surface area contributed by atoms with Gasteiger partial charge in [-0.25, -0.2) is 0 Å². The average Bonchev–Trinajstić information content (AvgIpc) is 2.51. The minimum Gasteiger partial charge on any atom is -0.306 e. The Balaban J connectivity index is 1.78. The summed E-state index contributed by atoms with van der Waals surface area (Å²) < 4.78 is 0. The molecule has 12 heavy (non-hydrogen) atoms. The number of nitrogens with zero attached hydrogens (tertiary/aromatic N) is 2. The largest absolute Gasteiger partial charge is 0.306 e. The van der Waals surface area contributed by atoms with Crippen LogP contribution in [-0.2, 0) is 0 Å². The quantitative estimate of drug-likeness (QED) is 0.603. The predicted molar refractivity (Wildman–Crippen MR) is 51.6 cm³/mol. The first-order valence-electron chi connectivity index (χ1n) is 4.69. The van der Waals surface area contributed by atoms with Crippen molar-refractivity contribution in [3.63, 3.8) is 0 Å². The molecule has 0 amide bonds. The van der Waals surface area contributed by atoms with Crippen LogP contribution in [0.5, 0.6) is 0 Å². The molecule has 0 aromatic carbocycles. The summed E-state index contributed by atoms with van der Waals surface area (Å²) in [6.07, 6.45) is 0. The molecule has 2 aliphatic rings. The van der Waals surface area contributed by atoms with Gasteiger partial charge in [0.2, 0.25) is 0 Å². The number of likely N-dealkylation sites (tertiary alicyclic amines) is 1. The molecule has 1 aliphatic heterocycles. The zero-order chi connectivity index (χ0) is 8.72. The second-order valence-corrected chi connectivity index (χ2v) is 4.61. The fraction of sp³-hybridized carbons (Fsp3) is 1.00. The first-order valence-corrected chi connectivity index (χ1v) is 5.22. The molecule has 2 rings (SSSR count). The van der Waals surface area contributed by atoms with Crippen molar-refractivity contribution in [1.82, 2.24) is 9.80 Å². The maximum absolute atomic E-state index is 5.69. The van der Waals surface area contributed by atoms with E-state index in [2.05, 4.69) is 23.9 Å². The van der Waals surface area contributed by atoms with Crippen LogP contribution in [0.15, 0.2) is 0 Å². The number of piperidine rings is 1. The summed E-state index contributed by atoms with van der Waals surface area (Å²) in [6.45, 7) is 3.63. The maximum atomic E-state index is 5.69. The lowest BCUT2D eigenvalue weighted by Gasteiger charge is -2.20. The van der Waals surface area contributed by atoms with Gasteiger partial charge in [0.25, 0.3) is 0 Å². The zero-order valence-electron chi connectivity index (χ0n) is 7.83. The number of fused-ring (bicyclic) bond motifs is 1. The van der Waals surface area contributed by atoms with E-state index in [0.29, 0.717) is 0 Å². The highest BCUT2D eigenvalue weighted by Gasteiger charge is 2.56. The molecule has 2 atom stereocenters. The van der Waals surface area contributed by atoms with Gasteiger partial charge in [0.1, 0.15) is 0 Å². The fourth-order valence-corrected chi connectivity index (χ4v) is 2.89. The van der Waals surface area contributed by atoms with Gasteiger partial charge >= 0.3 is 0 Å². The van der Waals surface area contributed by atoms with E-state index in [1.165, 1.54) is 13.1 Å². The molecule has 0 aromatic heterocycles. The van der Waals surface area contributed by atoms with E-state index in [1.54, 1.807) is 0 Å². The average molecular weight is 189 g/mol. The minimum absolute atomic E-state index is 0.784. The molecule has 2 unspecified atom stereocenters. The van der Waals surface area contributed by atoms with Gasteiger partial charge in [0.15, 0.2) is 0 Å². The Hall–Kier alpha value is 0.210. The van der Waals surface area contributed by atoms with E-state index in [9.17, 15) is 0 Å². The first-order chi connectivity index (χ1) is 5.74. The van der Waals surface area contributed by atoms with E-state index in [0.717, 1.165) is 30.3 Å². The Bertz CT molecular complexity index is 160. The standard InChI is InChI=1S/C9H17ClN2/c1-11(2)9-7-5-12(4-3-10)6-8(7)9/h7-9H,3-6H2,1-2H3. The minimum atomic E-state index is 0.784. The summed E-state index contributed by atoms with van der Waals surface area (Å²) in [5.74, 6) is 2.68. The van der Waals surface area contributed by atoms with Gasteiger partial charge in [-0.3, -0.25) is 0 Å². The monoisotopic (exact) mass is 188 g/mol. The molecule has 1 heterocycles. The summed E-state index contributed by atoms with van der Waals surface area (Å²) in [5, 5.41) is 0. The van der Waals surface area contributed by atoms with E-state index in [-0.39, 0.29) is 0 Å².